The van der Waals surface area contributed by atoms with Crippen LogP contribution in [0.4, 0.5) is 0 Å². The van der Waals surface area contributed by atoms with Crippen LogP contribution >= 0.6 is 0 Å². The highest BCUT2D eigenvalue weighted by Crippen LogP contribution is 2.22. The van der Waals surface area contributed by atoms with Gasteiger partial charge in [-0.1, -0.05) is 6.42 Å². The highest BCUT2D eigenvalue weighted by Gasteiger charge is 2.34. The molecule has 5 nitrogen and oxygen atoms in total. The summed E-state index contributed by atoms with van der Waals surface area (Å²) < 4.78 is 29.1. The van der Waals surface area contributed by atoms with Gasteiger partial charge in [-0.15, -0.1) is 0 Å². The number of piperidine rings is 2. The van der Waals surface area contributed by atoms with E-state index >= 15 is 0 Å². The second-order valence-corrected chi connectivity index (χ2v) is 8.21. The van der Waals surface area contributed by atoms with Crippen LogP contribution in [0.25, 0.3) is 0 Å². The van der Waals surface area contributed by atoms with Gasteiger partial charge in [0.15, 0.2) is 0 Å². The van der Waals surface area contributed by atoms with Gasteiger partial charge in [0.25, 0.3) is 10.2 Å². The van der Waals surface area contributed by atoms with Crippen molar-refractivity contribution in [2.75, 3.05) is 32.7 Å². The first kappa shape index (κ1) is 16.2. The second kappa shape index (κ2) is 7.20. The van der Waals surface area contributed by atoms with Gasteiger partial charge in [0, 0.05) is 25.7 Å². The minimum absolute atomic E-state index is 0.0387. The van der Waals surface area contributed by atoms with Crippen molar-refractivity contribution in [2.45, 2.75) is 52.0 Å². The van der Waals surface area contributed by atoms with Crippen molar-refractivity contribution >= 4 is 10.2 Å². The predicted molar refractivity (Wildman–Crippen MR) is 81.8 cm³/mol. The Morgan fingerprint density at radius 2 is 1.75 bits per heavy atom. The fourth-order valence-electron chi connectivity index (χ4n) is 3.13. The average Bonchev–Trinajstić information content (AvgIpc) is 2.46. The number of hydrogen-bond acceptors (Lipinski definition) is 3. The van der Waals surface area contributed by atoms with E-state index in [4.69, 9.17) is 0 Å². The number of hydrogen-bond donors (Lipinski definition) is 1. The summed E-state index contributed by atoms with van der Waals surface area (Å²) in [5.41, 5.74) is 0. The van der Waals surface area contributed by atoms with Gasteiger partial charge in [-0.25, -0.2) is 0 Å². The molecular weight excluding hydrogens is 274 g/mol. The van der Waals surface area contributed by atoms with Crippen LogP contribution in [-0.4, -0.2) is 55.8 Å². The van der Waals surface area contributed by atoms with Crippen LogP contribution in [0.3, 0.4) is 0 Å². The van der Waals surface area contributed by atoms with Gasteiger partial charge < -0.3 is 5.32 Å². The van der Waals surface area contributed by atoms with Crippen molar-refractivity contribution in [3.8, 4) is 0 Å². The van der Waals surface area contributed by atoms with Crippen LogP contribution in [0, 0.1) is 5.92 Å². The number of nitrogens with zero attached hydrogens (tertiary/aromatic N) is 2. The van der Waals surface area contributed by atoms with E-state index in [1.807, 2.05) is 13.8 Å². The van der Waals surface area contributed by atoms with Gasteiger partial charge in [-0.2, -0.15) is 17.0 Å². The molecule has 0 aromatic heterocycles. The van der Waals surface area contributed by atoms with Gasteiger partial charge in [-0.3, -0.25) is 0 Å². The van der Waals surface area contributed by atoms with E-state index in [0.29, 0.717) is 25.6 Å². The molecule has 2 heterocycles. The molecule has 20 heavy (non-hydrogen) atoms. The first-order valence-corrected chi connectivity index (χ1v) is 9.39. The fraction of sp³-hybridized carbons (Fsp3) is 1.00. The maximum Gasteiger partial charge on any atom is 0.282 e. The molecule has 0 spiro atoms. The summed E-state index contributed by atoms with van der Waals surface area (Å²) in [6.45, 7) is 8.07. The summed E-state index contributed by atoms with van der Waals surface area (Å²) in [6.07, 6.45) is 5.32. The minimum Gasteiger partial charge on any atom is -0.317 e. The number of rotatable bonds is 5. The van der Waals surface area contributed by atoms with Gasteiger partial charge in [0.1, 0.15) is 0 Å². The third-order valence-electron chi connectivity index (χ3n) is 4.41. The molecule has 2 aliphatic heterocycles. The molecule has 1 N–H and O–H groups in total. The fourth-order valence-corrected chi connectivity index (χ4v) is 5.08. The molecule has 0 bridgehead atoms. The SMILES string of the molecule is CC(C)N(CC1CCNCC1)S(=O)(=O)N1CCCCC1. The van der Waals surface area contributed by atoms with Crippen molar-refractivity contribution in [1.29, 1.82) is 0 Å². The zero-order valence-corrected chi connectivity index (χ0v) is 13.7. The highest BCUT2D eigenvalue weighted by molar-refractivity contribution is 7.86. The van der Waals surface area contributed by atoms with Crippen LogP contribution in [0.1, 0.15) is 46.0 Å². The van der Waals surface area contributed by atoms with Crippen molar-refractivity contribution in [3.63, 3.8) is 0 Å². The van der Waals surface area contributed by atoms with Crippen molar-refractivity contribution in [1.82, 2.24) is 13.9 Å². The summed E-state index contributed by atoms with van der Waals surface area (Å²) in [6, 6.07) is 0.0387. The van der Waals surface area contributed by atoms with E-state index in [1.54, 1.807) is 8.61 Å². The van der Waals surface area contributed by atoms with Gasteiger partial charge in [-0.05, 0) is 58.5 Å². The third kappa shape index (κ3) is 3.93. The summed E-state index contributed by atoms with van der Waals surface area (Å²) >= 11 is 0. The van der Waals surface area contributed by atoms with E-state index in [2.05, 4.69) is 5.32 Å². The van der Waals surface area contributed by atoms with E-state index in [1.165, 1.54) is 0 Å². The summed E-state index contributed by atoms with van der Waals surface area (Å²) in [5, 5.41) is 3.34. The lowest BCUT2D eigenvalue weighted by Gasteiger charge is -2.36. The quantitative estimate of drug-likeness (QED) is 0.836. The molecule has 0 radical (unpaired) electrons. The van der Waals surface area contributed by atoms with E-state index in [-0.39, 0.29) is 6.04 Å². The molecule has 2 fully saturated rings. The molecule has 0 aliphatic carbocycles. The highest BCUT2D eigenvalue weighted by atomic mass is 32.2. The topological polar surface area (TPSA) is 52.7 Å². The van der Waals surface area contributed by atoms with E-state index in [0.717, 1.165) is 45.2 Å². The molecular formula is C14H29N3O2S. The average molecular weight is 303 g/mol. The van der Waals surface area contributed by atoms with Crippen LogP contribution in [0.15, 0.2) is 0 Å². The molecule has 2 rings (SSSR count). The Kier molecular flexibility index (Phi) is 5.84. The molecule has 0 unspecified atom stereocenters. The zero-order chi connectivity index (χ0) is 14.6. The zero-order valence-electron chi connectivity index (χ0n) is 12.8. The van der Waals surface area contributed by atoms with Gasteiger partial charge >= 0.3 is 0 Å². The van der Waals surface area contributed by atoms with E-state index < -0.39 is 10.2 Å². The largest absolute Gasteiger partial charge is 0.317 e. The number of nitrogens with one attached hydrogen (secondary N) is 1. The van der Waals surface area contributed by atoms with Crippen molar-refractivity contribution in [3.05, 3.63) is 0 Å². The van der Waals surface area contributed by atoms with Crippen LogP contribution in [0.2, 0.25) is 0 Å². The molecule has 0 atom stereocenters. The maximum absolute atomic E-state index is 12.8. The minimum atomic E-state index is -3.28. The van der Waals surface area contributed by atoms with Gasteiger partial charge in [0.05, 0.1) is 0 Å². The molecule has 2 aliphatic rings. The van der Waals surface area contributed by atoms with Crippen molar-refractivity contribution < 1.29 is 8.42 Å². The summed E-state index contributed by atoms with van der Waals surface area (Å²) in [4.78, 5) is 0. The molecule has 0 amide bonds. The standard InChI is InChI=1S/C14H29N3O2S/c1-13(2)17(12-14-6-8-15-9-7-14)20(18,19)16-10-4-3-5-11-16/h13-15H,3-12H2,1-2H3. The normalized spacial score (nSPS) is 23.6. The molecule has 6 heteroatoms. The van der Waals surface area contributed by atoms with Crippen LogP contribution in [0.5, 0.6) is 0 Å². The first-order chi connectivity index (χ1) is 9.51. The van der Waals surface area contributed by atoms with Gasteiger partial charge in [0.2, 0.25) is 0 Å². The Balaban J connectivity index is 2.05. The lowest BCUT2D eigenvalue weighted by molar-refractivity contribution is 0.234. The Labute approximate surface area is 123 Å². The Morgan fingerprint density at radius 3 is 2.30 bits per heavy atom. The Morgan fingerprint density at radius 1 is 1.15 bits per heavy atom. The van der Waals surface area contributed by atoms with Crippen LogP contribution in [-0.2, 0) is 10.2 Å². The third-order valence-corrected chi connectivity index (χ3v) is 6.59. The lowest BCUT2D eigenvalue weighted by atomic mass is 9.98. The molecule has 118 valence electrons. The van der Waals surface area contributed by atoms with Crippen LogP contribution < -0.4 is 5.32 Å². The van der Waals surface area contributed by atoms with E-state index in [9.17, 15) is 8.42 Å². The molecule has 0 aromatic carbocycles. The first-order valence-electron chi connectivity index (χ1n) is 7.99. The summed E-state index contributed by atoms with van der Waals surface area (Å²) in [7, 11) is -3.28. The Bertz CT molecular complexity index is 385. The predicted octanol–water partition coefficient (Wildman–Crippen LogP) is 1.43. The second-order valence-electron chi connectivity index (χ2n) is 6.32. The maximum atomic E-state index is 12.8. The molecule has 2 saturated heterocycles. The van der Waals surface area contributed by atoms with Crippen molar-refractivity contribution in [2.24, 2.45) is 5.92 Å². The molecule has 0 aromatic rings. The lowest BCUT2D eigenvalue weighted by Crippen LogP contribution is -2.50. The molecule has 0 saturated carbocycles. The summed E-state index contributed by atoms with van der Waals surface area (Å²) in [5.74, 6) is 0.498. The Hall–Kier alpha value is -0.170. The smallest absolute Gasteiger partial charge is 0.282 e. The monoisotopic (exact) mass is 303 g/mol.